The highest BCUT2D eigenvalue weighted by atomic mass is 16.5. The lowest BCUT2D eigenvalue weighted by Crippen LogP contribution is -2.55. The minimum Gasteiger partial charge on any atom is -0.490 e. The Balaban J connectivity index is 1.97. The number of Topliss-reactive ketones (excluding diaryl/α,β-unsaturated/α-hetero) is 1. The molecule has 0 spiro atoms. The monoisotopic (exact) mass is 673 g/mol. The largest absolute Gasteiger partial charge is 0.490 e. The van der Waals surface area contributed by atoms with Crippen LogP contribution in [0.4, 0.5) is 0 Å². The van der Waals surface area contributed by atoms with Crippen molar-refractivity contribution in [2.24, 2.45) is 5.92 Å². The summed E-state index contributed by atoms with van der Waals surface area (Å²) < 4.78 is 6.02. The van der Waals surface area contributed by atoms with Gasteiger partial charge in [-0.3, -0.25) is 14.4 Å². The van der Waals surface area contributed by atoms with Crippen LogP contribution in [-0.2, 0) is 30.4 Å². The molecule has 1 aromatic rings. The number of carbonyl (C=O) groups excluding carboxylic acids is 2. The maximum absolute atomic E-state index is 13.4. The predicted octanol–water partition coefficient (Wildman–Crippen LogP) is 6.24. The van der Waals surface area contributed by atoms with Crippen molar-refractivity contribution in [3.8, 4) is 5.75 Å². The van der Waals surface area contributed by atoms with E-state index in [1.807, 2.05) is 0 Å². The highest BCUT2D eigenvalue weighted by molar-refractivity contribution is 5.94. The molecule has 268 valence electrons. The van der Waals surface area contributed by atoms with Gasteiger partial charge in [0.1, 0.15) is 17.6 Å². The van der Waals surface area contributed by atoms with Crippen molar-refractivity contribution in [2.75, 3.05) is 0 Å². The topological polar surface area (TPSA) is 188 Å². The number of carboxylic acids is 3. The van der Waals surface area contributed by atoms with Crippen molar-refractivity contribution in [3.63, 3.8) is 0 Å². The molecule has 1 unspecified atom stereocenters. The fourth-order valence-electron chi connectivity index (χ4n) is 6.01. The van der Waals surface area contributed by atoms with Gasteiger partial charge in [0.15, 0.2) is 5.60 Å². The van der Waals surface area contributed by atoms with Gasteiger partial charge < -0.3 is 30.5 Å². The summed E-state index contributed by atoms with van der Waals surface area (Å²) in [5, 5.41) is 42.2. The lowest BCUT2D eigenvalue weighted by molar-refractivity contribution is -0.172. The molecule has 2 rings (SSSR count). The normalized spacial score (nSPS) is 16.1. The van der Waals surface area contributed by atoms with E-state index in [4.69, 9.17) is 4.74 Å². The zero-order valence-electron chi connectivity index (χ0n) is 28.4. The number of allylic oxidation sites excluding steroid dienone is 1. The molecule has 0 radical (unpaired) electrons. The van der Waals surface area contributed by atoms with Crippen molar-refractivity contribution in [3.05, 3.63) is 42.0 Å². The van der Waals surface area contributed by atoms with Crippen LogP contribution in [0.5, 0.6) is 5.75 Å². The number of rotatable bonds is 25. The van der Waals surface area contributed by atoms with Crippen molar-refractivity contribution >= 4 is 29.6 Å². The van der Waals surface area contributed by atoms with Gasteiger partial charge in [0, 0.05) is 19.3 Å². The van der Waals surface area contributed by atoms with Crippen LogP contribution in [-0.4, -0.2) is 67.8 Å². The number of ether oxygens (including phenoxy) is 1. The number of carboxylic acid groups (broad SMARTS) is 3. The number of benzene rings is 1. The molecule has 1 amide bonds. The maximum atomic E-state index is 13.4. The number of nitrogens with one attached hydrogen (secondary N) is 1. The van der Waals surface area contributed by atoms with Crippen LogP contribution in [0.2, 0.25) is 0 Å². The number of aliphatic hydroxyl groups is 1. The van der Waals surface area contributed by atoms with Gasteiger partial charge in [-0.2, -0.15) is 0 Å². The number of ketones is 1. The number of carbonyl (C=O) groups is 5. The summed E-state index contributed by atoms with van der Waals surface area (Å²) in [7, 11) is 0. The number of amides is 1. The van der Waals surface area contributed by atoms with Crippen molar-refractivity contribution in [1.82, 2.24) is 5.32 Å². The number of hydrogen-bond donors (Lipinski definition) is 5. The lowest BCUT2D eigenvalue weighted by Gasteiger charge is -2.29. The standard InChI is InChI=1S/C37H55NO10/c1-2-3-4-7-11-16-28(39)17-12-8-5-6-9-15-20-31(37(47,36(45)46)26-33(40)41)34(42)38-32(35(43)44)25-27-21-23-30(24-22-27)48-29-18-13-10-14-19-29/h15,20-24,29,31-32,47H,2-14,16-19,25-26H2,1H3,(H,38,42)(H,40,41)(H,43,44)(H,45,46)/b20-15+/t31-,32+,37?/m1/s1. The second-order valence-corrected chi connectivity index (χ2v) is 13.0. The average Bonchev–Trinajstić information content (AvgIpc) is 3.04. The van der Waals surface area contributed by atoms with E-state index in [2.05, 4.69) is 12.2 Å². The third kappa shape index (κ3) is 15.0. The Morgan fingerprint density at radius 1 is 0.875 bits per heavy atom. The van der Waals surface area contributed by atoms with Gasteiger partial charge in [0.05, 0.1) is 18.4 Å². The van der Waals surface area contributed by atoms with Crippen LogP contribution < -0.4 is 10.1 Å². The molecule has 0 saturated heterocycles. The molecule has 11 heteroatoms. The molecule has 5 N–H and O–H groups in total. The zero-order valence-corrected chi connectivity index (χ0v) is 28.4. The van der Waals surface area contributed by atoms with E-state index in [0.29, 0.717) is 37.0 Å². The van der Waals surface area contributed by atoms with E-state index in [9.17, 15) is 44.4 Å². The van der Waals surface area contributed by atoms with Crippen LogP contribution in [0.25, 0.3) is 0 Å². The van der Waals surface area contributed by atoms with Crippen LogP contribution in [0.1, 0.15) is 128 Å². The Kier molecular flexibility index (Phi) is 18.5. The van der Waals surface area contributed by atoms with E-state index in [-0.39, 0.29) is 18.3 Å². The van der Waals surface area contributed by atoms with E-state index in [0.717, 1.165) is 76.7 Å². The zero-order chi connectivity index (χ0) is 35.4. The summed E-state index contributed by atoms with van der Waals surface area (Å²) in [5.41, 5.74) is -2.43. The first-order valence-electron chi connectivity index (χ1n) is 17.6. The summed E-state index contributed by atoms with van der Waals surface area (Å²) in [5.74, 6) is -6.97. The predicted molar refractivity (Wildman–Crippen MR) is 181 cm³/mol. The molecule has 0 bridgehead atoms. The molecule has 0 aliphatic heterocycles. The fraction of sp³-hybridized carbons (Fsp3) is 0.649. The summed E-state index contributed by atoms with van der Waals surface area (Å²) in [6, 6.07) is 5.39. The molecular weight excluding hydrogens is 618 g/mol. The second-order valence-electron chi connectivity index (χ2n) is 13.0. The molecule has 0 aromatic heterocycles. The van der Waals surface area contributed by atoms with Crippen LogP contribution in [0.3, 0.4) is 0 Å². The molecule has 1 aromatic carbocycles. The van der Waals surface area contributed by atoms with Gasteiger partial charge in [-0.15, -0.1) is 0 Å². The molecule has 1 aliphatic rings. The van der Waals surface area contributed by atoms with Crippen LogP contribution >= 0.6 is 0 Å². The first-order chi connectivity index (χ1) is 23.0. The van der Waals surface area contributed by atoms with Gasteiger partial charge in [0.25, 0.3) is 0 Å². The third-order valence-electron chi connectivity index (χ3n) is 8.88. The molecule has 1 fully saturated rings. The van der Waals surface area contributed by atoms with Gasteiger partial charge in [-0.05, 0) is 69.1 Å². The number of aliphatic carboxylic acids is 3. The minimum atomic E-state index is -3.01. The summed E-state index contributed by atoms with van der Waals surface area (Å²) in [6.45, 7) is 2.15. The van der Waals surface area contributed by atoms with E-state index in [1.54, 1.807) is 24.3 Å². The van der Waals surface area contributed by atoms with Crippen molar-refractivity contribution in [1.29, 1.82) is 0 Å². The van der Waals surface area contributed by atoms with Gasteiger partial charge >= 0.3 is 17.9 Å². The van der Waals surface area contributed by atoms with Crippen molar-refractivity contribution in [2.45, 2.75) is 147 Å². The quantitative estimate of drug-likeness (QED) is 0.0587. The second kappa shape index (κ2) is 22.0. The van der Waals surface area contributed by atoms with Crippen LogP contribution in [0, 0.1) is 5.92 Å². The highest BCUT2D eigenvalue weighted by Crippen LogP contribution is 2.27. The smallest absolute Gasteiger partial charge is 0.337 e. The fourth-order valence-corrected chi connectivity index (χ4v) is 6.01. The Morgan fingerprint density at radius 2 is 1.48 bits per heavy atom. The average molecular weight is 674 g/mol. The third-order valence-corrected chi connectivity index (χ3v) is 8.88. The van der Waals surface area contributed by atoms with Gasteiger partial charge in [-0.25, -0.2) is 9.59 Å². The molecule has 48 heavy (non-hydrogen) atoms. The molecule has 1 saturated carbocycles. The maximum Gasteiger partial charge on any atom is 0.337 e. The molecule has 11 nitrogen and oxygen atoms in total. The Labute approximate surface area is 284 Å². The van der Waals surface area contributed by atoms with Crippen molar-refractivity contribution < 1.29 is 49.1 Å². The van der Waals surface area contributed by atoms with E-state index in [1.165, 1.54) is 18.9 Å². The van der Waals surface area contributed by atoms with Gasteiger partial charge in [-0.1, -0.05) is 76.2 Å². The lowest BCUT2D eigenvalue weighted by atomic mass is 9.82. The Morgan fingerprint density at radius 3 is 2.04 bits per heavy atom. The van der Waals surface area contributed by atoms with E-state index < -0.39 is 47.8 Å². The first kappa shape index (κ1) is 40.4. The summed E-state index contributed by atoms with van der Waals surface area (Å²) in [4.78, 5) is 61.1. The van der Waals surface area contributed by atoms with Gasteiger partial charge in [0.2, 0.25) is 5.91 Å². The minimum absolute atomic E-state index is 0.132. The highest BCUT2D eigenvalue weighted by Gasteiger charge is 2.49. The number of hydrogen-bond acceptors (Lipinski definition) is 7. The summed E-state index contributed by atoms with van der Waals surface area (Å²) >= 11 is 0. The molecular formula is C37H55NO10. The molecule has 1 aliphatic carbocycles. The first-order valence-corrected chi connectivity index (χ1v) is 17.6. The van der Waals surface area contributed by atoms with E-state index >= 15 is 0 Å². The number of unbranched alkanes of at least 4 members (excludes halogenated alkanes) is 8. The molecule has 0 heterocycles. The van der Waals surface area contributed by atoms with Crippen LogP contribution in [0.15, 0.2) is 36.4 Å². The Hall–Kier alpha value is -3.73. The summed E-state index contributed by atoms with van der Waals surface area (Å²) in [6.07, 6.45) is 16.9. The molecule has 3 atom stereocenters. The SMILES string of the molecule is CCCCCCCC(=O)CCCCCC/C=C/[C@H](C(=O)N[C@@H](Cc1ccc(OC2CCCCC2)cc1)C(=O)O)C(O)(CC(=O)O)C(=O)O. The Bertz CT molecular complexity index is 1190.